The molecule has 1 aliphatic rings. The SMILES string of the molecule is CC[C@]1(c2ccccc2)NC(=O)N(NC(=O)/C=C/c2ccc(C(C)C)cc2)C1=O. The van der Waals surface area contributed by atoms with E-state index in [1.165, 1.54) is 11.6 Å². The van der Waals surface area contributed by atoms with Crippen molar-refractivity contribution in [1.82, 2.24) is 15.8 Å². The van der Waals surface area contributed by atoms with Crippen LogP contribution in [0.15, 0.2) is 60.7 Å². The standard InChI is InChI=1S/C23H25N3O3/c1-4-23(19-8-6-5-7-9-19)21(28)26(22(29)24-23)25-20(27)15-12-17-10-13-18(14-11-17)16(2)3/h5-16H,4H2,1-3H3,(H,24,29)(H,25,27)/b15-12+/t23-/m1/s1. The van der Waals surface area contributed by atoms with Gasteiger partial charge in [0, 0.05) is 6.08 Å². The molecule has 3 rings (SSSR count). The van der Waals surface area contributed by atoms with Crippen molar-refractivity contribution in [3.8, 4) is 0 Å². The summed E-state index contributed by atoms with van der Waals surface area (Å²) in [6, 6.07) is 16.2. The quantitative estimate of drug-likeness (QED) is 0.582. The van der Waals surface area contributed by atoms with E-state index in [0.717, 1.165) is 10.6 Å². The number of nitrogens with one attached hydrogen (secondary N) is 2. The summed E-state index contributed by atoms with van der Waals surface area (Å²) in [7, 11) is 0. The molecule has 0 unspecified atom stereocenters. The first-order valence-corrected chi connectivity index (χ1v) is 9.68. The monoisotopic (exact) mass is 391 g/mol. The van der Waals surface area contributed by atoms with E-state index in [9.17, 15) is 14.4 Å². The number of imide groups is 1. The van der Waals surface area contributed by atoms with Crippen LogP contribution in [0.3, 0.4) is 0 Å². The maximum atomic E-state index is 13.0. The lowest BCUT2D eigenvalue weighted by molar-refractivity contribution is -0.138. The normalized spacial score (nSPS) is 19.1. The number of carbonyl (C=O) groups is 3. The Bertz CT molecular complexity index is 936. The molecule has 1 heterocycles. The fourth-order valence-corrected chi connectivity index (χ4v) is 3.35. The maximum absolute atomic E-state index is 13.0. The van der Waals surface area contributed by atoms with Crippen molar-refractivity contribution < 1.29 is 14.4 Å². The Labute approximate surface area is 170 Å². The second-order valence-corrected chi connectivity index (χ2v) is 7.33. The molecule has 2 N–H and O–H groups in total. The summed E-state index contributed by atoms with van der Waals surface area (Å²) in [5.74, 6) is -0.625. The minimum atomic E-state index is -1.18. The summed E-state index contributed by atoms with van der Waals surface area (Å²) in [5.41, 5.74) is 3.95. The third kappa shape index (κ3) is 4.06. The smallest absolute Gasteiger partial charge is 0.318 e. The van der Waals surface area contributed by atoms with Crippen LogP contribution in [0, 0.1) is 0 Å². The second kappa shape index (κ2) is 8.31. The molecule has 2 aromatic rings. The van der Waals surface area contributed by atoms with Gasteiger partial charge in [0.05, 0.1) is 0 Å². The van der Waals surface area contributed by atoms with E-state index in [0.29, 0.717) is 17.9 Å². The Morgan fingerprint density at radius 2 is 1.76 bits per heavy atom. The van der Waals surface area contributed by atoms with Gasteiger partial charge in [-0.15, -0.1) is 0 Å². The van der Waals surface area contributed by atoms with Crippen molar-refractivity contribution in [2.45, 2.75) is 38.6 Å². The first-order valence-electron chi connectivity index (χ1n) is 9.68. The topological polar surface area (TPSA) is 78.5 Å². The van der Waals surface area contributed by atoms with E-state index in [4.69, 9.17) is 0 Å². The van der Waals surface area contributed by atoms with Crippen LogP contribution in [0.4, 0.5) is 4.79 Å². The highest BCUT2D eigenvalue weighted by atomic mass is 16.2. The maximum Gasteiger partial charge on any atom is 0.344 e. The fraction of sp³-hybridized carbons (Fsp3) is 0.261. The molecule has 6 heteroatoms. The van der Waals surface area contributed by atoms with Crippen molar-refractivity contribution in [3.63, 3.8) is 0 Å². The van der Waals surface area contributed by atoms with Gasteiger partial charge in [-0.25, -0.2) is 4.79 Å². The molecule has 4 amide bonds. The molecular weight excluding hydrogens is 366 g/mol. The number of hydrazine groups is 1. The number of hydrogen-bond donors (Lipinski definition) is 2. The lowest BCUT2D eigenvalue weighted by Gasteiger charge is -2.25. The molecule has 1 saturated heterocycles. The van der Waals surface area contributed by atoms with Crippen LogP contribution in [0.25, 0.3) is 6.08 Å². The van der Waals surface area contributed by atoms with Crippen LogP contribution >= 0.6 is 0 Å². The van der Waals surface area contributed by atoms with Gasteiger partial charge < -0.3 is 5.32 Å². The third-order valence-corrected chi connectivity index (χ3v) is 5.14. The van der Waals surface area contributed by atoms with Crippen molar-refractivity contribution in [2.75, 3.05) is 0 Å². The molecule has 0 aliphatic carbocycles. The first kappa shape index (κ1) is 20.3. The zero-order valence-corrected chi connectivity index (χ0v) is 16.8. The van der Waals surface area contributed by atoms with Gasteiger partial charge >= 0.3 is 6.03 Å². The highest BCUT2D eigenvalue weighted by Crippen LogP contribution is 2.31. The molecule has 0 radical (unpaired) electrons. The minimum Gasteiger partial charge on any atom is -0.318 e. The van der Waals surface area contributed by atoms with Crippen molar-refractivity contribution in [2.24, 2.45) is 0 Å². The Morgan fingerprint density at radius 3 is 2.34 bits per heavy atom. The Morgan fingerprint density at radius 1 is 1.10 bits per heavy atom. The van der Waals surface area contributed by atoms with Crippen molar-refractivity contribution in [1.29, 1.82) is 0 Å². The van der Waals surface area contributed by atoms with Crippen LogP contribution in [-0.4, -0.2) is 22.9 Å². The first-order chi connectivity index (χ1) is 13.9. The highest BCUT2D eigenvalue weighted by molar-refractivity contribution is 6.09. The van der Waals surface area contributed by atoms with Crippen LogP contribution in [0.5, 0.6) is 0 Å². The summed E-state index contributed by atoms with van der Waals surface area (Å²) in [6.07, 6.45) is 3.31. The van der Waals surface area contributed by atoms with E-state index in [-0.39, 0.29) is 0 Å². The summed E-state index contributed by atoms with van der Waals surface area (Å²) in [6.45, 7) is 6.04. The molecule has 150 valence electrons. The number of carbonyl (C=O) groups excluding carboxylic acids is 3. The summed E-state index contributed by atoms with van der Waals surface area (Å²) < 4.78 is 0. The van der Waals surface area contributed by atoms with Gasteiger partial charge in [0.25, 0.3) is 11.8 Å². The summed E-state index contributed by atoms with van der Waals surface area (Å²) >= 11 is 0. The Kier molecular flexibility index (Phi) is 5.82. The average Bonchev–Trinajstić information content (AvgIpc) is 2.98. The van der Waals surface area contributed by atoms with Gasteiger partial charge in [-0.1, -0.05) is 75.4 Å². The van der Waals surface area contributed by atoms with Crippen LogP contribution < -0.4 is 10.7 Å². The van der Waals surface area contributed by atoms with Crippen LogP contribution in [-0.2, 0) is 15.1 Å². The molecule has 1 aliphatic heterocycles. The van der Waals surface area contributed by atoms with Crippen LogP contribution in [0.1, 0.15) is 49.8 Å². The zero-order valence-electron chi connectivity index (χ0n) is 16.8. The van der Waals surface area contributed by atoms with Gasteiger partial charge in [-0.05, 0) is 35.1 Å². The molecule has 0 aromatic heterocycles. The number of hydrogen-bond acceptors (Lipinski definition) is 3. The molecule has 29 heavy (non-hydrogen) atoms. The minimum absolute atomic E-state index is 0.367. The lowest BCUT2D eigenvalue weighted by atomic mass is 9.87. The molecular formula is C23H25N3O3. The zero-order chi connectivity index (χ0) is 21.0. The molecule has 0 saturated carbocycles. The van der Waals surface area contributed by atoms with Gasteiger partial charge in [0.2, 0.25) is 0 Å². The summed E-state index contributed by atoms with van der Waals surface area (Å²) in [4.78, 5) is 37.7. The molecule has 0 spiro atoms. The molecule has 1 fully saturated rings. The van der Waals surface area contributed by atoms with E-state index in [2.05, 4.69) is 24.6 Å². The van der Waals surface area contributed by atoms with Gasteiger partial charge in [-0.2, -0.15) is 5.01 Å². The van der Waals surface area contributed by atoms with Gasteiger partial charge in [0.1, 0.15) is 5.54 Å². The van der Waals surface area contributed by atoms with Crippen molar-refractivity contribution in [3.05, 3.63) is 77.4 Å². The molecule has 6 nitrogen and oxygen atoms in total. The van der Waals surface area contributed by atoms with E-state index in [1.54, 1.807) is 30.3 Å². The molecule has 1 atom stereocenters. The predicted octanol–water partition coefficient (Wildman–Crippen LogP) is 3.71. The molecule has 0 bridgehead atoms. The average molecular weight is 391 g/mol. The number of nitrogens with zero attached hydrogens (tertiary/aromatic N) is 1. The third-order valence-electron chi connectivity index (χ3n) is 5.14. The fourth-order valence-electron chi connectivity index (χ4n) is 3.35. The van der Waals surface area contributed by atoms with E-state index in [1.807, 2.05) is 37.3 Å². The van der Waals surface area contributed by atoms with Crippen LogP contribution in [0.2, 0.25) is 0 Å². The second-order valence-electron chi connectivity index (χ2n) is 7.33. The largest absolute Gasteiger partial charge is 0.344 e. The van der Waals surface area contributed by atoms with E-state index < -0.39 is 23.4 Å². The summed E-state index contributed by atoms with van der Waals surface area (Å²) in [5, 5.41) is 3.48. The number of benzene rings is 2. The van der Waals surface area contributed by atoms with Gasteiger partial charge in [-0.3, -0.25) is 15.0 Å². The number of urea groups is 1. The highest BCUT2D eigenvalue weighted by Gasteiger charge is 2.52. The Hall–Kier alpha value is -3.41. The number of rotatable bonds is 6. The number of amides is 4. The lowest BCUT2D eigenvalue weighted by Crippen LogP contribution is -2.48. The van der Waals surface area contributed by atoms with E-state index >= 15 is 0 Å². The van der Waals surface area contributed by atoms with Gasteiger partial charge in [0.15, 0.2) is 0 Å². The predicted molar refractivity (Wildman–Crippen MR) is 111 cm³/mol. The Balaban J connectivity index is 1.72. The van der Waals surface area contributed by atoms with Crippen molar-refractivity contribution >= 4 is 23.9 Å². The molecule has 2 aromatic carbocycles.